The van der Waals surface area contributed by atoms with E-state index in [-0.39, 0.29) is 22.7 Å². The van der Waals surface area contributed by atoms with Crippen molar-refractivity contribution in [3.8, 4) is 0 Å². The number of hydrogen-bond donors (Lipinski definition) is 0. The molecule has 32 heavy (non-hydrogen) atoms. The Labute approximate surface area is 195 Å². The number of carbonyl (C=O) groups excluding carboxylic acids is 1. The highest BCUT2D eigenvalue weighted by Crippen LogP contribution is 2.44. The van der Waals surface area contributed by atoms with Gasteiger partial charge in [-0.2, -0.15) is 21.6 Å². The van der Waals surface area contributed by atoms with Crippen molar-refractivity contribution in [2.45, 2.75) is 57.1 Å². The molecule has 0 aromatic heterocycles. The summed E-state index contributed by atoms with van der Waals surface area (Å²) in [5.41, 5.74) is -4.84. The van der Waals surface area contributed by atoms with Gasteiger partial charge in [0.05, 0.1) is 29.7 Å². The first-order chi connectivity index (χ1) is 14.5. The summed E-state index contributed by atoms with van der Waals surface area (Å²) in [5.74, 6) is -2.93. The van der Waals surface area contributed by atoms with Crippen LogP contribution in [0.5, 0.6) is 0 Å². The van der Waals surface area contributed by atoms with E-state index in [4.69, 9.17) is 9.16 Å². The van der Waals surface area contributed by atoms with Crippen LogP contribution in [-0.2, 0) is 34.9 Å². The van der Waals surface area contributed by atoms with E-state index in [2.05, 4.69) is 20.1 Å². The average molecular weight is 559 g/mol. The van der Waals surface area contributed by atoms with Gasteiger partial charge in [0.25, 0.3) is 0 Å². The molecule has 0 N–H and O–H groups in total. The molecule has 2 rings (SSSR count). The molecule has 0 bridgehead atoms. The molecule has 1 aromatic carbocycles. The summed E-state index contributed by atoms with van der Waals surface area (Å²) >= 11 is 3.07. The van der Waals surface area contributed by atoms with E-state index in [1.165, 1.54) is 0 Å². The molecule has 0 spiro atoms. The van der Waals surface area contributed by atoms with Crippen molar-refractivity contribution in [2.24, 2.45) is 5.92 Å². The molecule has 0 heterocycles. The Bertz CT molecular complexity index is 971. The minimum atomic E-state index is -6.02. The summed E-state index contributed by atoms with van der Waals surface area (Å²) in [4.78, 5) is 12.9. The van der Waals surface area contributed by atoms with E-state index in [1.54, 1.807) is 0 Å². The van der Waals surface area contributed by atoms with Crippen molar-refractivity contribution in [1.82, 2.24) is 0 Å². The molecule has 0 unspecified atom stereocenters. The van der Waals surface area contributed by atoms with Gasteiger partial charge in [-0.1, -0.05) is 51.1 Å². The number of ether oxygens (including phenoxy) is 1. The SMILES string of the molecule is CC(C)(C)[Si](C)(C)O[C@@H]1C(Br)=C(OS(=O)(=O)C(F)(F)F)C(=O)[C@H]1COCc1ccccc1. The van der Waals surface area contributed by atoms with E-state index in [0.29, 0.717) is 0 Å². The third-order valence-electron chi connectivity index (χ3n) is 5.51. The van der Waals surface area contributed by atoms with E-state index in [9.17, 15) is 26.4 Å². The van der Waals surface area contributed by atoms with E-state index in [1.807, 2.05) is 64.2 Å². The van der Waals surface area contributed by atoms with Gasteiger partial charge in [-0.15, -0.1) is 0 Å². The summed E-state index contributed by atoms with van der Waals surface area (Å²) in [5, 5.41) is -0.277. The highest BCUT2D eigenvalue weighted by atomic mass is 79.9. The van der Waals surface area contributed by atoms with Gasteiger partial charge in [0, 0.05) is 0 Å². The third kappa shape index (κ3) is 6.02. The zero-order valence-electron chi connectivity index (χ0n) is 18.3. The van der Waals surface area contributed by atoms with Crippen LogP contribution in [0.3, 0.4) is 0 Å². The van der Waals surface area contributed by atoms with E-state index in [0.717, 1.165) is 5.56 Å². The Morgan fingerprint density at radius 3 is 2.16 bits per heavy atom. The molecule has 6 nitrogen and oxygen atoms in total. The van der Waals surface area contributed by atoms with Crippen molar-refractivity contribution >= 4 is 40.1 Å². The van der Waals surface area contributed by atoms with Gasteiger partial charge in [-0.25, -0.2) is 0 Å². The largest absolute Gasteiger partial charge is 0.534 e. The first-order valence-corrected chi connectivity index (χ1v) is 14.8. The zero-order valence-corrected chi connectivity index (χ0v) is 21.7. The second kappa shape index (κ2) is 9.57. The van der Waals surface area contributed by atoms with Crippen LogP contribution >= 0.6 is 15.9 Å². The van der Waals surface area contributed by atoms with Crippen LogP contribution in [0.1, 0.15) is 26.3 Å². The van der Waals surface area contributed by atoms with Crippen LogP contribution in [0.4, 0.5) is 13.2 Å². The van der Waals surface area contributed by atoms with Gasteiger partial charge in [-0.05, 0) is 39.6 Å². The van der Waals surface area contributed by atoms with Crippen LogP contribution in [0, 0.1) is 5.92 Å². The second-order valence-corrected chi connectivity index (χ2v) is 16.1. The Kier molecular flexibility index (Phi) is 8.09. The van der Waals surface area contributed by atoms with Crippen LogP contribution in [-0.4, -0.2) is 40.7 Å². The van der Waals surface area contributed by atoms with E-state index < -0.39 is 47.5 Å². The average Bonchev–Trinajstić information content (AvgIpc) is 2.85. The predicted molar refractivity (Wildman–Crippen MR) is 119 cm³/mol. The number of halogens is 4. The molecule has 2 atom stereocenters. The maximum absolute atomic E-state index is 12.9. The standard InChI is InChI=1S/C20H26BrF3O6SSi/c1-19(2,3)32(4,5)30-17-14(12-28-11-13-9-7-6-8-10-13)16(25)18(15(17)21)29-31(26,27)20(22,23)24/h6-10,14,17H,11-12H2,1-5H3/t14-,17+/m1/s1. The second-order valence-electron chi connectivity index (χ2n) is 8.93. The Balaban J connectivity index is 2.32. The summed E-state index contributed by atoms with van der Waals surface area (Å²) in [6, 6.07) is 9.10. The number of benzene rings is 1. The van der Waals surface area contributed by atoms with E-state index >= 15 is 0 Å². The molecule has 0 radical (unpaired) electrons. The molecule has 1 aromatic rings. The number of Topliss-reactive ketones (excluding diaryl/α,β-unsaturated/α-hetero) is 1. The topological polar surface area (TPSA) is 78.9 Å². The molecule has 0 saturated heterocycles. The quantitative estimate of drug-likeness (QED) is 0.246. The van der Waals surface area contributed by atoms with Crippen molar-refractivity contribution in [2.75, 3.05) is 6.61 Å². The molecule has 0 aliphatic heterocycles. The molecule has 0 fully saturated rings. The normalized spacial score (nSPS) is 20.7. The van der Waals surface area contributed by atoms with Crippen LogP contribution in [0.25, 0.3) is 0 Å². The summed E-state index contributed by atoms with van der Waals surface area (Å²) in [6.07, 6.45) is -1.03. The summed E-state index contributed by atoms with van der Waals surface area (Å²) < 4.78 is 77.6. The number of rotatable bonds is 8. The zero-order chi connectivity index (χ0) is 24.5. The van der Waals surface area contributed by atoms with Crippen LogP contribution < -0.4 is 0 Å². The Morgan fingerprint density at radius 1 is 1.09 bits per heavy atom. The maximum atomic E-state index is 12.9. The van der Waals surface area contributed by atoms with Gasteiger partial charge in [0.2, 0.25) is 5.78 Å². The lowest BCUT2D eigenvalue weighted by Gasteiger charge is -2.39. The Hall–Kier alpha value is -1.21. The molecule has 180 valence electrons. The Morgan fingerprint density at radius 2 is 1.66 bits per heavy atom. The van der Waals surface area contributed by atoms with Gasteiger partial charge >= 0.3 is 15.6 Å². The number of ketones is 1. The van der Waals surface area contributed by atoms with Crippen LogP contribution in [0.15, 0.2) is 40.6 Å². The van der Waals surface area contributed by atoms with Crippen molar-refractivity contribution in [3.63, 3.8) is 0 Å². The monoisotopic (exact) mass is 558 g/mol. The fourth-order valence-corrected chi connectivity index (χ4v) is 5.36. The van der Waals surface area contributed by atoms with Crippen molar-refractivity contribution in [3.05, 3.63) is 46.1 Å². The molecule has 1 aliphatic rings. The lowest BCUT2D eigenvalue weighted by molar-refractivity contribution is -0.124. The first-order valence-electron chi connectivity index (χ1n) is 9.72. The molecule has 0 amide bonds. The smallest absolute Gasteiger partial charge is 0.408 e. The summed E-state index contributed by atoms with van der Waals surface area (Å²) in [6.45, 7) is 9.66. The molecule has 12 heteroatoms. The highest BCUT2D eigenvalue weighted by Gasteiger charge is 2.54. The van der Waals surface area contributed by atoms with Gasteiger partial charge in [-0.3, -0.25) is 4.79 Å². The fraction of sp³-hybridized carbons (Fsp3) is 0.550. The fourth-order valence-electron chi connectivity index (χ4n) is 2.64. The highest BCUT2D eigenvalue weighted by molar-refractivity contribution is 9.11. The number of alkyl halides is 3. The summed E-state index contributed by atoms with van der Waals surface area (Å²) in [7, 11) is -8.53. The number of hydrogen-bond acceptors (Lipinski definition) is 6. The maximum Gasteiger partial charge on any atom is 0.534 e. The molecular weight excluding hydrogens is 533 g/mol. The minimum absolute atomic E-state index is 0.159. The van der Waals surface area contributed by atoms with Gasteiger partial charge in [0.15, 0.2) is 14.1 Å². The number of allylic oxidation sites excluding steroid dienone is 1. The first kappa shape index (κ1) is 27.0. The minimum Gasteiger partial charge on any atom is -0.408 e. The lowest BCUT2D eigenvalue weighted by Crippen LogP contribution is -2.46. The van der Waals surface area contributed by atoms with Crippen molar-refractivity contribution < 1.29 is 39.7 Å². The molecule has 1 aliphatic carbocycles. The van der Waals surface area contributed by atoms with Gasteiger partial charge < -0.3 is 13.3 Å². The van der Waals surface area contributed by atoms with Crippen molar-refractivity contribution in [1.29, 1.82) is 0 Å². The van der Waals surface area contributed by atoms with Crippen LogP contribution in [0.2, 0.25) is 18.1 Å². The van der Waals surface area contributed by atoms with Gasteiger partial charge in [0.1, 0.15) is 0 Å². The third-order valence-corrected chi connectivity index (χ3v) is 11.7. The molecular formula is C20H26BrF3O6SSi. The lowest BCUT2D eigenvalue weighted by atomic mass is 10.1. The number of carbonyl (C=O) groups is 1. The molecule has 0 saturated carbocycles. The predicted octanol–water partition coefficient (Wildman–Crippen LogP) is 5.27.